The average molecular weight is 286 g/mol. The van der Waals surface area contributed by atoms with Crippen LogP contribution >= 0.6 is 0 Å². The van der Waals surface area contributed by atoms with E-state index in [1.54, 1.807) is 0 Å². The van der Waals surface area contributed by atoms with Crippen LogP contribution in [0.2, 0.25) is 0 Å². The van der Waals surface area contributed by atoms with E-state index < -0.39 is 0 Å². The zero-order valence-electron chi connectivity index (χ0n) is 12.5. The first-order chi connectivity index (χ1) is 9.86. The number of nitrogens with zero attached hydrogens (tertiary/aromatic N) is 2. The van der Waals surface area contributed by atoms with Crippen LogP contribution in [0.1, 0.15) is 12.8 Å². The first-order valence-electron chi connectivity index (χ1n) is 7.90. The second-order valence-corrected chi connectivity index (χ2v) is 5.64. The maximum Gasteiger partial charge on any atom is 0.0638 e. The number of nitrogens with two attached hydrogens (primary N) is 2. The first kappa shape index (κ1) is 16.1. The number of hydrogen-bond acceptors (Lipinski definition) is 6. The quantitative estimate of drug-likeness (QED) is 0.590. The van der Waals surface area contributed by atoms with Gasteiger partial charge in [0.2, 0.25) is 0 Å². The molecule has 2 aliphatic rings. The van der Waals surface area contributed by atoms with Gasteiger partial charge in [-0.25, -0.2) is 0 Å². The van der Waals surface area contributed by atoms with Gasteiger partial charge < -0.3 is 20.9 Å². The lowest BCUT2D eigenvalue weighted by Crippen LogP contribution is -2.61. The third kappa shape index (κ3) is 4.38. The van der Waals surface area contributed by atoms with Gasteiger partial charge in [0.1, 0.15) is 0 Å². The van der Waals surface area contributed by atoms with E-state index >= 15 is 0 Å². The summed E-state index contributed by atoms with van der Waals surface area (Å²) in [7, 11) is 0. The number of hydrogen-bond donors (Lipinski definition) is 2. The third-order valence-corrected chi connectivity index (χ3v) is 4.32. The summed E-state index contributed by atoms with van der Waals surface area (Å²) < 4.78 is 11.4. The van der Waals surface area contributed by atoms with Crippen molar-refractivity contribution in [1.82, 2.24) is 9.80 Å². The topological polar surface area (TPSA) is 77.0 Å². The standard InChI is InChI=1S/C14H30N4O2/c15-3-1-2-5-17-7-9-19-11-13(17)14-12-20-10-8-18(14)6-4-16/h13-14H,1-12,15-16H2. The van der Waals surface area contributed by atoms with Gasteiger partial charge in [0.05, 0.1) is 38.5 Å². The van der Waals surface area contributed by atoms with E-state index in [1.807, 2.05) is 0 Å². The van der Waals surface area contributed by atoms with Crippen LogP contribution in [-0.4, -0.2) is 87.6 Å². The highest BCUT2D eigenvalue weighted by atomic mass is 16.5. The number of ether oxygens (including phenoxy) is 2. The second-order valence-electron chi connectivity index (χ2n) is 5.64. The van der Waals surface area contributed by atoms with Crippen molar-refractivity contribution in [1.29, 1.82) is 0 Å². The monoisotopic (exact) mass is 286 g/mol. The van der Waals surface area contributed by atoms with E-state index in [-0.39, 0.29) is 0 Å². The normalized spacial score (nSPS) is 29.7. The van der Waals surface area contributed by atoms with Crippen LogP contribution in [0, 0.1) is 0 Å². The molecule has 0 aromatic carbocycles. The van der Waals surface area contributed by atoms with E-state index in [1.165, 1.54) is 0 Å². The fraction of sp³-hybridized carbons (Fsp3) is 1.00. The first-order valence-corrected chi connectivity index (χ1v) is 7.90. The molecule has 0 aromatic rings. The van der Waals surface area contributed by atoms with Crippen molar-refractivity contribution in [3.8, 4) is 0 Å². The predicted molar refractivity (Wildman–Crippen MR) is 79.7 cm³/mol. The fourth-order valence-electron chi connectivity index (χ4n) is 3.20. The van der Waals surface area contributed by atoms with E-state index in [4.69, 9.17) is 20.9 Å². The molecule has 2 fully saturated rings. The van der Waals surface area contributed by atoms with Crippen molar-refractivity contribution in [3.63, 3.8) is 0 Å². The molecular weight excluding hydrogens is 256 g/mol. The molecule has 2 saturated heterocycles. The van der Waals surface area contributed by atoms with Crippen molar-refractivity contribution in [3.05, 3.63) is 0 Å². The van der Waals surface area contributed by atoms with Gasteiger partial charge >= 0.3 is 0 Å². The maximum absolute atomic E-state index is 5.74. The molecule has 0 saturated carbocycles. The van der Waals surface area contributed by atoms with Crippen molar-refractivity contribution in [2.24, 2.45) is 11.5 Å². The third-order valence-electron chi connectivity index (χ3n) is 4.32. The van der Waals surface area contributed by atoms with Crippen LogP contribution in [0.4, 0.5) is 0 Å². The Morgan fingerprint density at radius 2 is 1.40 bits per heavy atom. The van der Waals surface area contributed by atoms with Gasteiger partial charge in [-0.2, -0.15) is 0 Å². The lowest BCUT2D eigenvalue weighted by molar-refractivity contribution is -0.0885. The zero-order valence-corrected chi connectivity index (χ0v) is 12.5. The summed E-state index contributed by atoms with van der Waals surface area (Å²) in [6, 6.07) is 0.832. The number of morpholine rings is 2. The van der Waals surface area contributed by atoms with E-state index in [9.17, 15) is 0 Å². The molecule has 2 aliphatic heterocycles. The van der Waals surface area contributed by atoms with Crippen molar-refractivity contribution in [2.75, 3.05) is 65.7 Å². The highest BCUT2D eigenvalue weighted by molar-refractivity contribution is 4.90. The van der Waals surface area contributed by atoms with Crippen LogP contribution in [0.5, 0.6) is 0 Å². The van der Waals surface area contributed by atoms with Crippen molar-refractivity contribution >= 4 is 0 Å². The Morgan fingerprint density at radius 1 is 0.800 bits per heavy atom. The van der Waals surface area contributed by atoms with E-state index in [2.05, 4.69) is 9.80 Å². The van der Waals surface area contributed by atoms with Crippen LogP contribution in [0.15, 0.2) is 0 Å². The molecule has 6 nitrogen and oxygen atoms in total. The minimum absolute atomic E-state index is 0.408. The Balaban J connectivity index is 1.93. The predicted octanol–water partition coefficient (Wildman–Crippen LogP) is -0.914. The number of rotatable bonds is 7. The fourth-order valence-corrected chi connectivity index (χ4v) is 3.20. The molecule has 0 amide bonds. The molecule has 0 spiro atoms. The van der Waals surface area contributed by atoms with Gasteiger partial charge in [-0.05, 0) is 25.9 Å². The number of unbranched alkanes of at least 4 members (excludes halogenated alkanes) is 1. The van der Waals surface area contributed by atoms with Crippen molar-refractivity contribution in [2.45, 2.75) is 24.9 Å². The molecule has 2 rings (SSSR count). The van der Waals surface area contributed by atoms with Gasteiger partial charge in [-0.15, -0.1) is 0 Å². The Kier molecular flexibility index (Phi) is 7.19. The summed E-state index contributed by atoms with van der Waals surface area (Å²) in [4.78, 5) is 5.03. The molecular formula is C14H30N4O2. The average Bonchev–Trinajstić information content (AvgIpc) is 2.49. The molecule has 0 bridgehead atoms. The molecule has 2 heterocycles. The Morgan fingerprint density at radius 3 is 1.95 bits per heavy atom. The summed E-state index contributed by atoms with van der Waals surface area (Å²) in [5, 5.41) is 0. The molecule has 20 heavy (non-hydrogen) atoms. The minimum atomic E-state index is 0.408. The Hall–Kier alpha value is -0.240. The summed E-state index contributed by atoms with van der Waals surface area (Å²) in [5.74, 6) is 0. The molecule has 0 aliphatic carbocycles. The maximum atomic E-state index is 5.74. The lowest BCUT2D eigenvalue weighted by atomic mass is 10.0. The summed E-state index contributed by atoms with van der Waals surface area (Å²) in [6.45, 7) is 8.79. The van der Waals surface area contributed by atoms with Gasteiger partial charge in [0, 0.05) is 26.2 Å². The summed E-state index contributed by atoms with van der Waals surface area (Å²) in [5.41, 5.74) is 11.3. The molecule has 2 unspecified atom stereocenters. The molecule has 118 valence electrons. The zero-order chi connectivity index (χ0) is 14.2. The van der Waals surface area contributed by atoms with Crippen LogP contribution in [-0.2, 0) is 9.47 Å². The molecule has 6 heteroatoms. The SMILES string of the molecule is NCCCCN1CCOCC1C1COCCN1CCN. The Labute approximate surface area is 122 Å². The van der Waals surface area contributed by atoms with Gasteiger partial charge in [0.25, 0.3) is 0 Å². The summed E-state index contributed by atoms with van der Waals surface area (Å²) >= 11 is 0. The van der Waals surface area contributed by atoms with E-state index in [0.29, 0.717) is 18.6 Å². The molecule has 0 aromatic heterocycles. The highest BCUT2D eigenvalue weighted by Gasteiger charge is 2.35. The molecule has 4 N–H and O–H groups in total. The van der Waals surface area contributed by atoms with Crippen molar-refractivity contribution < 1.29 is 9.47 Å². The van der Waals surface area contributed by atoms with Gasteiger partial charge in [-0.3, -0.25) is 9.80 Å². The highest BCUT2D eigenvalue weighted by Crippen LogP contribution is 2.19. The Bertz CT molecular complexity index is 266. The van der Waals surface area contributed by atoms with Gasteiger partial charge in [0.15, 0.2) is 0 Å². The minimum Gasteiger partial charge on any atom is -0.378 e. The molecule has 2 atom stereocenters. The van der Waals surface area contributed by atoms with Crippen LogP contribution in [0.3, 0.4) is 0 Å². The molecule has 0 radical (unpaired) electrons. The largest absolute Gasteiger partial charge is 0.378 e. The second kappa shape index (κ2) is 8.92. The summed E-state index contributed by atoms with van der Waals surface area (Å²) in [6.07, 6.45) is 2.26. The lowest BCUT2D eigenvalue weighted by Gasteiger charge is -2.46. The van der Waals surface area contributed by atoms with E-state index in [0.717, 1.165) is 72.0 Å². The smallest absolute Gasteiger partial charge is 0.0638 e. The van der Waals surface area contributed by atoms with Crippen LogP contribution in [0.25, 0.3) is 0 Å². The van der Waals surface area contributed by atoms with Gasteiger partial charge in [-0.1, -0.05) is 0 Å². The van der Waals surface area contributed by atoms with Crippen LogP contribution < -0.4 is 11.5 Å².